The highest BCUT2D eigenvalue weighted by Gasteiger charge is 2.17. The Balaban J connectivity index is 1.58. The van der Waals surface area contributed by atoms with Gasteiger partial charge in [-0.3, -0.25) is 9.59 Å². The third-order valence-corrected chi connectivity index (χ3v) is 3.78. The van der Waals surface area contributed by atoms with Crippen molar-refractivity contribution in [3.8, 4) is 0 Å². The summed E-state index contributed by atoms with van der Waals surface area (Å²) in [5.41, 5.74) is 5.23. The van der Waals surface area contributed by atoms with Crippen molar-refractivity contribution in [3.63, 3.8) is 0 Å². The van der Waals surface area contributed by atoms with Gasteiger partial charge in [0.1, 0.15) is 6.61 Å². The van der Waals surface area contributed by atoms with Crippen LogP contribution < -0.4 is 5.43 Å². The van der Waals surface area contributed by atoms with Gasteiger partial charge < -0.3 is 4.74 Å². The number of esters is 1. The Morgan fingerprint density at radius 3 is 2.36 bits per heavy atom. The summed E-state index contributed by atoms with van der Waals surface area (Å²) in [5.74, 6) is -1.63. The molecular formula is C19H16N2O4. The normalized spacial score (nSPS) is 13.6. The van der Waals surface area contributed by atoms with E-state index in [9.17, 15) is 14.4 Å². The van der Waals surface area contributed by atoms with Gasteiger partial charge in [0.2, 0.25) is 5.91 Å². The maximum absolute atomic E-state index is 11.9. The Kier molecular flexibility index (Phi) is 4.99. The third-order valence-electron chi connectivity index (χ3n) is 3.78. The fraction of sp³-hybridized carbons (Fsp3) is 0.158. The lowest BCUT2D eigenvalue weighted by Crippen LogP contribution is -2.25. The Morgan fingerprint density at radius 1 is 1.00 bits per heavy atom. The molecule has 0 saturated carbocycles. The molecule has 0 aromatic heterocycles. The van der Waals surface area contributed by atoms with Crippen LogP contribution in [0.2, 0.25) is 0 Å². The van der Waals surface area contributed by atoms with E-state index in [2.05, 4.69) is 10.5 Å². The average molecular weight is 336 g/mol. The maximum Gasteiger partial charge on any atom is 0.380 e. The van der Waals surface area contributed by atoms with Crippen molar-refractivity contribution < 1.29 is 19.1 Å². The van der Waals surface area contributed by atoms with Crippen LogP contribution in [0.15, 0.2) is 59.7 Å². The first kappa shape index (κ1) is 16.6. The minimum atomic E-state index is -0.880. The van der Waals surface area contributed by atoms with Crippen LogP contribution in [-0.4, -0.2) is 23.4 Å². The highest BCUT2D eigenvalue weighted by molar-refractivity contribution is 6.40. The molecular weight excluding hydrogens is 320 g/mol. The molecule has 126 valence electrons. The quantitative estimate of drug-likeness (QED) is 0.515. The molecule has 2 aromatic carbocycles. The zero-order valence-corrected chi connectivity index (χ0v) is 13.4. The molecule has 1 aliphatic rings. The van der Waals surface area contributed by atoms with Gasteiger partial charge in [0.15, 0.2) is 0 Å². The molecule has 0 spiro atoms. The first-order valence-electron chi connectivity index (χ1n) is 7.85. The lowest BCUT2D eigenvalue weighted by Gasteiger charge is -2.12. The van der Waals surface area contributed by atoms with Gasteiger partial charge in [-0.25, -0.2) is 10.2 Å². The Bertz CT molecular complexity index is 826. The van der Waals surface area contributed by atoms with Crippen LogP contribution in [0.1, 0.15) is 34.3 Å². The van der Waals surface area contributed by atoms with Crippen LogP contribution in [0.5, 0.6) is 0 Å². The standard InChI is InChI=1S/C19H16N2O4/c22-17-11-10-16(20-21-17)14-8-6-13(7-9-14)12-25-19(24)18(23)15-4-2-1-3-5-15/h1-9H,10-12H2,(H,21,22). The summed E-state index contributed by atoms with van der Waals surface area (Å²) in [6, 6.07) is 15.6. The third kappa shape index (κ3) is 4.17. The van der Waals surface area contributed by atoms with Gasteiger partial charge in [0, 0.05) is 18.4 Å². The first-order chi connectivity index (χ1) is 12.1. The number of ether oxygens (including phenoxy) is 1. The second-order valence-corrected chi connectivity index (χ2v) is 5.56. The second kappa shape index (κ2) is 7.53. The number of carbonyl (C=O) groups excluding carboxylic acids is 3. The number of rotatable bonds is 5. The number of ketones is 1. The number of nitrogens with one attached hydrogen (secondary N) is 1. The molecule has 0 radical (unpaired) electrons. The molecule has 0 saturated heterocycles. The van der Waals surface area contributed by atoms with Gasteiger partial charge in [-0.2, -0.15) is 5.10 Å². The summed E-state index contributed by atoms with van der Waals surface area (Å²) in [4.78, 5) is 34.9. The molecule has 1 aliphatic heterocycles. The Labute approximate surface area is 144 Å². The number of nitrogens with zero attached hydrogens (tertiary/aromatic N) is 1. The second-order valence-electron chi connectivity index (χ2n) is 5.56. The van der Waals surface area contributed by atoms with E-state index in [-0.39, 0.29) is 12.5 Å². The zero-order valence-electron chi connectivity index (χ0n) is 13.4. The molecule has 0 fully saturated rings. The van der Waals surface area contributed by atoms with Crippen molar-refractivity contribution in [1.29, 1.82) is 0 Å². The lowest BCUT2D eigenvalue weighted by molar-refractivity contribution is -0.139. The van der Waals surface area contributed by atoms with Gasteiger partial charge in [-0.05, 0) is 11.1 Å². The van der Waals surface area contributed by atoms with Crippen LogP contribution in [0, 0.1) is 0 Å². The number of carbonyl (C=O) groups is 3. The molecule has 6 nitrogen and oxygen atoms in total. The van der Waals surface area contributed by atoms with Crippen LogP contribution in [0.4, 0.5) is 0 Å². The van der Waals surface area contributed by atoms with Crippen LogP contribution in [0.25, 0.3) is 0 Å². The largest absolute Gasteiger partial charge is 0.455 e. The summed E-state index contributed by atoms with van der Waals surface area (Å²) in [6.45, 7) is 0.0148. The van der Waals surface area contributed by atoms with Gasteiger partial charge in [0.05, 0.1) is 5.71 Å². The number of benzene rings is 2. The molecule has 3 rings (SSSR count). The number of hydrazone groups is 1. The molecule has 25 heavy (non-hydrogen) atoms. The van der Waals surface area contributed by atoms with Crippen molar-refractivity contribution in [2.45, 2.75) is 19.4 Å². The zero-order chi connectivity index (χ0) is 17.6. The first-order valence-corrected chi connectivity index (χ1v) is 7.85. The molecule has 0 bridgehead atoms. The van der Waals surface area contributed by atoms with E-state index in [1.807, 2.05) is 12.1 Å². The van der Waals surface area contributed by atoms with Crippen LogP contribution in [0.3, 0.4) is 0 Å². The molecule has 0 unspecified atom stereocenters. The molecule has 1 heterocycles. The number of Topliss-reactive ketones (excluding diaryl/α,β-unsaturated/α-hetero) is 1. The van der Waals surface area contributed by atoms with E-state index in [1.165, 1.54) is 0 Å². The summed E-state index contributed by atoms with van der Waals surface area (Å²) in [6.07, 6.45) is 1.01. The van der Waals surface area contributed by atoms with Gasteiger partial charge in [0.25, 0.3) is 5.78 Å². The number of amides is 1. The maximum atomic E-state index is 11.9. The lowest BCUT2D eigenvalue weighted by atomic mass is 10.0. The molecule has 6 heteroatoms. The van der Waals surface area contributed by atoms with Crippen molar-refractivity contribution in [2.24, 2.45) is 5.10 Å². The average Bonchev–Trinajstić information content (AvgIpc) is 2.67. The highest BCUT2D eigenvalue weighted by Crippen LogP contribution is 2.12. The van der Waals surface area contributed by atoms with E-state index in [4.69, 9.17) is 4.74 Å². The van der Waals surface area contributed by atoms with Gasteiger partial charge in [-0.1, -0.05) is 54.6 Å². The topological polar surface area (TPSA) is 84.8 Å². The fourth-order valence-electron chi connectivity index (χ4n) is 2.40. The van der Waals surface area contributed by atoms with Crippen LogP contribution >= 0.6 is 0 Å². The predicted octanol–water partition coefficient (Wildman–Crippen LogP) is 2.23. The van der Waals surface area contributed by atoms with Crippen LogP contribution in [-0.2, 0) is 20.9 Å². The number of hydrogen-bond donors (Lipinski definition) is 1. The van der Waals surface area contributed by atoms with Crippen molar-refractivity contribution in [1.82, 2.24) is 5.43 Å². The van der Waals surface area contributed by atoms with Crippen molar-refractivity contribution in [2.75, 3.05) is 0 Å². The summed E-state index contributed by atoms with van der Waals surface area (Å²) < 4.78 is 5.07. The molecule has 1 amide bonds. The minimum Gasteiger partial charge on any atom is -0.455 e. The predicted molar refractivity (Wildman–Crippen MR) is 90.9 cm³/mol. The Morgan fingerprint density at radius 2 is 1.72 bits per heavy atom. The summed E-state index contributed by atoms with van der Waals surface area (Å²) >= 11 is 0. The number of hydrogen-bond acceptors (Lipinski definition) is 5. The van der Waals surface area contributed by atoms with E-state index in [0.29, 0.717) is 18.4 Å². The van der Waals surface area contributed by atoms with Gasteiger partial charge in [-0.15, -0.1) is 0 Å². The van der Waals surface area contributed by atoms with E-state index >= 15 is 0 Å². The van der Waals surface area contributed by atoms with Crippen molar-refractivity contribution >= 4 is 23.4 Å². The SMILES string of the molecule is O=C1CCC(c2ccc(COC(=O)C(=O)c3ccccc3)cc2)=NN1. The van der Waals surface area contributed by atoms with Crippen molar-refractivity contribution in [3.05, 3.63) is 71.3 Å². The smallest absolute Gasteiger partial charge is 0.380 e. The van der Waals surface area contributed by atoms with Gasteiger partial charge >= 0.3 is 5.97 Å². The molecule has 0 atom stereocenters. The Hall–Kier alpha value is -3.28. The summed E-state index contributed by atoms with van der Waals surface area (Å²) in [5, 5.41) is 4.03. The molecule has 2 aromatic rings. The minimum absolute atomic E-state index is 0.0148. The van der Waals surface area contributed by atoms with E-state index in [1.54, 1.807) is 42.5 Å². The molecule has 1 N–H and O–H groups in total. The van der Waals surface area contributed by atoms with E-state index < -0.39 is 11.8 Å². The van der Waals surface area contributed by atoms with E-state index in [0.717, 1.165) is 16.8 Å². The highest BCUT2D eigenvalue weighted by atomic mass is 16.5. The monoisotopic (exact) mass is 336 g/mol. The fourth-order valence-corrected chi connectivity index (χ4v) is 2.40. The molecule has 0 aliphatic carbocycles. The summed E-state index contributed by atoms with van der Waals surface area (Å²) in [7, 11) is 0.